The highest BCUT2D eigenvalue weighted by atomic mass is 15.3. The predicted molar refractivity (Wildman–Crippen MR) is 93.7 cm³/mol. The quantitative estimate of drug-likeness (QED) is 0.698. The van der Waals surface area contributed by atoms with E-state index in [1.807, 2.05) is 0 Å². The Hall–Kier alpha value is -2.55. The maximum absolute atomic E-state index is 4.71. The van der Waals surface area contributed by atoms with Crippen LogP contribution in [0.3, 0.4) is 0 Å². The average molecular weight is 301 g/mol. The Morgan fingerprint density at radius 2 is 1.96 bits per heavy atom. The van der Waals surface area contributed by atoms with Gasteiger partial charge in [0, 0.05) is 16.8 Å². The van der Waals surface area contributed by atoms with E-state index in [4.69, 9.17) is 5.10 Å². The number of benzene rings is 2. The molecule has 0 amide bonds. The molecule has 2 aliphatic rings. The van der Waals surface area contributed by atoms with Crippen molar-refractivity contribution >= 4 is 16.6 Å². The van der Waals surface area contributed by atoms with Crippen LogP contribution in [0.5, 0.6) is 0 Å². The summed E-state index contributed by atoms with van der Waals surface area (Å²) in [7, 11) is 0. The van der Waals surface area contributed by atoms with Gasteiger partial charge in [0.15, 0.2) is 0 Å². The van der Waals surface area contributed by atoms with Crippen LogP contribution in [0, 0.1) is 12.8 Å². The standard InChI is InChI=1S/C20H19N3/c1-12-7-10-17-16(11-12)14-8-9-15-18(13-5-3-2-4-6-13)22-23-20(15)19(14)21-17/h2-7,10-11,15,18,21-22H,8-9H2,1H3/t15-,18+/m0/s1. The Kier molecular flexibility index (Phi) is 2.66. The van der Waals surface area contributed by atoms with Crippen LogP contribution in [0.1, 0.15) is 34.8 Å². The second kappa shape index (κ2) is 4.72. The molecule has 1 aliphatic carbocycles. The summed E-state index contributed by atoms with van der Waals surface area (Å²) in [5, 5.41) is 6.08. The largest absolute Gasteiger partial charge is 0.353 e. The highest BCUT2D eigenvalue weighted by molar-refractivity contribution is 6.08. The van der Waals surface area contributed by atoms with Crippen molar-refractivity contribution in [1.29, 1.82) is 0 Å². The van der Waals surface area contributed by atoms with E-state index < -0.39 is 0 Å². The highest BCUT2D eigenvalue weighted by Crippen LogP contribution is 2.40. The Bertz CT molecular complexity index is 921. The number of hydrogen-bond acceptors (Lipinski definition) is 2. The maximum Gasteiger partial charge on any atom is 0.0896 e. The van der Waals surface area contributed by atoms with Crippen LogP contribution in [0.4, 0.5) is 0 Å². The van der Waals surface area contributed by atoms with Crippen LogP contribution in [-0.4, -0.2) is 10.7 Å². The van der Waals surface area contributed by atoms with Crippen LogP contribution < -0.4 is 5.43 Å². The molecule has 0 spiro atoms. The molecular formula is C20H19N3. The van der Waals surface area contributed by atoms with Crippen molar-refractivity contribution in [3.63, 3.8) is 0 Å². The van der Waals surface area contributed by atoms with Crippen LogP contribution in [-0.2, 0) is 6.42 Å². The van der Waals surface area contributed by atoms with Gasteiger partial charge >= 0.3 is 0 Å². The Balaban J connectivity index is 1.60. The fourth-order valence-electron chi connectivity index (χ4n) is 4.12. The summed E-state index contributed by atoms with van der Waals surface area (Å²) in [4.78, 5) is 3.62. The molecule has 3 aromatic rings. The van der Waals surface area contributed by atoms with Crippen molar-refractivity contribution in [1.82, 2.24) is 10.4 Å². The van der Waals surface area contributed by atoms with E-state index in [1.165, 1.54) is 39.0 Å². The van der Waals surface area contributed by atoms with Gasteiger partial charge < -0.3 is 10.4 Å². The van der Waals surface area contributed by atoms with Gasteiger partial charge in [-0.15, -0.1) is 0 Å². The number of aromatic nitrogens is 1. The molecule has 0 saturated heterocycles. The summed E-state index contributed by atoms with van der Waals surface area (Å²) in [6, 6.07) is 17.6. The third-order valence-corrected chi connectivity index (χ3v) is 5.26. The fourth-order valence-corrected chi connectivity index (χ4v) is 4.12. The molecule has 2 aromatic carbocycles. The SMILES string of the molecule is Cc1ccc2[nH]c3c(c2c1)CC[C@@H]1C3=NN[C@@H]1c1ccccc1. The van der Waals surface area contributed by atoms with Crippen LogP contribution >= 0.6 is 0 Å². The number of rotatable bonds is 1. The van der Waals surface area contributed by atoms with E-state index in [-0.39, 0.29) is 0 Å². The van der Waals surface area contributed by atoms with Gasteiger partial charge in [-0.3, -0.25) is 0 Å². The predicted octanol–water partition coefficient (Wildman–Crippen LogP) is 4.09. The topological polar surface area (TPSA) is 40.2 Å². The molecule has 5 rings (SSSR count). The van der Waals surface area contributed by atoms with Gasteiger partial charge in [0.25, 0.3) is 0 Å². The monoisotopic (exact) mass is 301 g/mol. The van der Waals surface area contributed by atoms with Crippen molar-refractivity contribution in [2.75, 3.05) is 0 Å². The number of aromatic amines is 1. The highest BCUT2D eigenvalue weighted by Gasteiger charge is 2.38. The smallest absolute Gasteiger partial charge is 0.0896 e. The van der Waals surface area contributed by atoms with Gasteiger partial charge in [0.05, 0.1) is 17.4 Å². The van der Waals surface area contributed by atoms with Gasteiger partial charge in [-0.2, -0.15) is 5.10 Å². The molecule has 0 fully saturated rings. The Morgan fingerprint density at radius 3 is 2.83 bits per heavy atom. The van der Waals surface area contributed by atoms with Crippen molar-refractivity contribution in [3.8, 4) is 0 Å². The summed E-state index contributed by atoms with van der Waals surface area (Å²) >= 11 is 0. The lowest BCUT2D eigenvalue weighted by Crippen LogP contribution is -2.26. The number of nitrogens with zero attached hydrogens (tertiary/aromatic N) is 1. The first-order chi connectivity index (χ1) is 11.3. The normalized spacial score (nSPS) is 22.4. The van der Waals surface area contributed by atoms with Crippen molar-refractivity contribution in [2.45, 2.75) is 25.8 Å². The Morgan fingerprint density at radius 1 is 1.09 bits per heavy atom. The van der Waals surface area contributed by atoms with E-state index in [9.17, 15) is 0 Å². The first-order valence-corrected chi connectivity index (χ1v) is 8.31. The number of fused-ring (bicyclic) bond motifs is 5. The molecule has 2 atom stereocenters. The second-order valence-corrected chi connectivity index (χ2v) is 6.69. The lowest BCUT2D eigenvalue weighted by molar-refractivity contribution is 0.467. The van der Waals surface area contributed by atoms with E-state index in [0.29, 0.717) is 12.0 Å². The number of hydrogen-bond donors (Lipinski definition) is 2. The van der Waals surface area contributed by atoms with E-state index in [2.05, 4.69) is 65.9 Å². The minimum Gasteiger partial charge on any atom is -0.353 e. The summed E-state index contributed by atoms with van der Waals surface area (Å²) in [6.45, 7) is 2.16. The first-order valence-electron chi connectivity index (χ1n) is 8.31. The minimum absolute atomic E-state index is 0.299. The number of nitrogens with one attached hydrogen (secondary N) is 2. The molecule has 2 N–H and O–H groups in total. The zero-order valence-corrected chi connectivity index (χ0v) is 13.1. The lowest BCUT2D eigenvalue weighted by Gasteiger charge is -2.24. The van der Waals surface area contributed by atoms with Crippen LogP contribution in [0.15, 0.2) is 53.6 Å². The van der Waals surface area contributed by atoms with Gasteiger partial charge in [0.1, 0.15) is 0 Å². The first kappa shape index (κ1) is 12.9. The fraction of sp³-hybridized carbons (Fsp3) is 0.250. The van der Waals surface area contributed by atoms with Gasteiger partial charge in [-0.1, -0.05) is 42.0 Å². The average Bonchev–Trinajstić information content (AvgIpc) is 3.16. The van der Waals surface area contributed by atoms with Gasteiger partial charge in [-0.25, -0.2) is 0 Å². The molecule has 0 saturated carbocycles. The molecule has 0 unspecified atom stereocenters. The van der Waals surface area contributed by atoms with Crippen molar-refractivity contribution < 1.29 is 0 Å². The zero-order valence-electron chi connectivity index (χ0n) is 13.1. The minimum atomic E-state index is 0.299. The molecule has 114 valence electrons. The second-order valence-electron chi connectivity index (χ2n) is 6.69. The third kappa shape index (κ3) is 1.86. The van der Waals surface area contributed by atoms with Gasteiger partial charge in [-0.05, 0) is 43.0 Å². The molecule has 3 heteroatoms. The van der Waals surface area contributed by atoms with Crippen molar-refractivity contribution in [3.05, 3.63) is 70.9 Å². The maximum atomic E-state index is 4.71. The molecule has 0 radical (unpaired) electrons. The zero-order chi connectivity index (χ0) is 15.4. The lowest BCUT2D eigenvalue weighted by atomic mass is 9.79. The van der Waals surface area contributed by atoms with E-state index >= 15 is 0 Å². The molecule has 2 heterocycles. The number of H-pyrrole nitrogens is 1. The number of aryl methyl sites for hydroxylation is 2. The van der Waals surface area contributed by atoms with Gasteiger partial charge in [0.2, 0.25) is 0 Å². The molecule has 1 aliphatic heterocycles. The van der Waals surface area contributed by atoms with Crippen LogP contribution in [0.25, 0.3) is 10.9 Å². The summed E-state index contributed by atoms with van der Waals surface area (Å²) in [5.74, 6) is 0.457. The summed E-state index contributed by atoms with van der Waals surface area (Å²) < 4.78 is 0. The molecule has 1 aromatic heterocycles. The van der Waals surface area contributed by atoms with E-state index in [1.54, 1.807) is 0 Å². The summed E-state index contributed by atoms with van der Waals surface area (Å²) in [5.41, 5.74) is 11.1. The molecule has 23 heavy (non-hydrogen) atoms. The molecular weight excluding hydrogens is 282 g/mol. The molecule has 3 nitrogen and oxygen atoms in total. The van der Waals surface area contributed by atoms with Crippen molar-refractivity contribution in [2.24, 2.45) is 11.0 Å². The van der Waals surface area contributed by atoms with Crippen LogP contribution in [0.2, 0.25) is 0 Å². The molecule has 0 bridgehead atoms. The summed E-state index contributed by atoms with van der Waals surface area (Å²) in [6.07, 6.45) is 2.27. The number of hydrazone groups is 1. The Labute approximate surface area is 135 Å². The van der Waals surface area contributed by atoms with E-state index in [0.717, 1.165) is 12.8 Å². The third-order valence-electron chi connectivity index (χ3n) is 5.26.